The van der Waals surface area contributed by atoms with Crippen molar-refractivity contribution in [3.63, 3.8) is 0 Å². The van der Waals surface area contributed by atoms with E-state index in [0.29, 0.717) is 12.4 Å². The molecule has 0 bridgehead atoms. The third-order valence-corrected chi connectivity index (χ3v) is 4.35. The van der Waals surface area contributed by atoms with E-state index in [1.54, 1.807) is 0 Å². The van der Waals surface area contributed by atoms with E-state index in [-0.39, 0.29) is 12.5 Å². The molecule has 136 valence electrons. The minimum Gasteiger partial charge on any atom is -0.354 e. The Morgan fingerprint density at radius 2 is 1.81 bits per heavy atom. The average molecular weight is 360 g/mol. The van der Waals surface area contributed by atoms with E-state index in [0.717, 1.165) is 18.5 Å². The largest absolute Gasteiger partial charge is 0.354 e. The molecule has 1 N–H and O–H groups in total. The Bertz CT molecular complexity index is 1040. The van der Waals surface area contributed by atoms with Gasteiger partial charge in [0.15, 0.2) is 0 Å². The number of para-hydroxylation sites is 1. The van der Waals surface area contributed by atoms with Gasteiger partial charge in [0.2, 0.25) is 11.7 Å². The van der Waals surface area contributed by atoms with Crippen LogP contribution < -0.4 is 5.32 Å². The van der Waals surface area contributed by atoms with Crippen molar-refractivity contribution < 1.29 is 4.79 Å². The first-order valence-electron chi connectivity index (χ1n) is 8.93. The molecule has 2 aromatic carbocycles. The highest BCUT2D eigenvalue weighted by atomic mass is 16.2. The molecule has 27 heavy (non-hydrogen) atoms. The highest BCUT2D eigenvalue weighted by Crippen LogP contribution is 2.15. The van der Waals surface area contributed by atoms with Crippen LogP contribution in [-0.4, -0.2) is 37.2 Å². The summed E-state index contributed by atoms with van der Waals surface area (Å²) in [6.07, 6.45) is 2.93. The average Bonchev–Trinajstić information content (AvgIpc) is 3.33. The van der Waals surface area contributed by atoms with Crippen LogP contribution in [-0.2, 0) is 17.9 Å². The van der Waals surface area contributed by atoms with Crippen molar-refractivity contribution >= 4 is 16.8 Å². The van der Waals surface area contributed by atoms with Crippen molar-refractivity contribution in [2.45, 2.75) is 19.5 Å². The van der Waals surface area contributed by atoms with Crippen molar-refractivity contribution in [3.05, 3.63) is 66.9 Å². The monoisotopic (exact) mass is 360 g/mol. The van der Waals surface area contributed by atoms with Gasteiger partial charge in [0.05, 0.1) is 0 Å². The molecule has 1 amide bonds. The summed E-state index contributed by atoms with van der Waals surface area (Å²) in [5, 5.41) is 16.3. The second-order valence-electron chi connectivity index (χ2n) is 6.28. The number of hydrogen-bond donors (Lipinski definition) is 1. The topological polar surface area (TPSA) is 77.6 Å². The van der Waals surface area contributed by atoms with E-state index in [2.05, 4.69) is 49.7 Å². The normalized spacial score (nSPS) is 11.0. The fourth-order valence-corrected chi connectivity index (χ4v) is 3.01. The number of rotatable bonds is 7. The van der Waals surface area contributed by atoms with E-state index in [4.69, 9.17) is 0 Å². The van der Waals surface area contributed by atoms with Gasteiger partial charge in [0.1, 0.15) is 6.54 Å². The molecule has 0 unspecified atom stereocenters. The van der Waals surface area contributed by atoms with Gasteiger partial charge in [-0.05, 0) is 29.2 Å². The number of nitrogens with zero attached hydrogens (tertiary/aromatic N) is 5. The third-order valence-electron chi connectivity index (χ3n) is 4.35. The predicted molar refractivity (Wildman–Crippen MR) is 103 cm³/mol. The van der Waals surface area contributed by atoms with Gasteiger partial charge in [-0.15, -0.1) is 10.2 Å². The summed E-state index contributed by atoms with van der Waals surface area (Å²) in [6, 6.07) is 20.0. The molecule has 0 atom stereocenters. The van der Waals surface area contributed by atoms with Crippen LogP contribution in [0.4, 0.5) is 0 Å². The van der Waals surface area contributed by atoms with Gasteiger partial charge in [-0.25, -0.2) is 0 Å². The van der Waals surface area contributed by atoms with E-state index in [1.807, 2.05) is 42.5 Å². The summed E-state index contributed by atoms with van der Waals surface area (Å²) in [5.41, 5.74) is 2.09. The molecular weight excluding hydrogens is 340 g/mol. The molecule has 0 saturated heterocycles. The summed E-state index contributed by atoms with van der Waals surface area (Å²) in [5.74, 6) is 0.396. The maximum Gasteiger partial charge on any atom is 0.243 e. The lowest BCUT2D eigenvalue weighted by Crippen LogP contribution is -2.29. The first kappa shape index (κ1) is 17.0. The number of amides is 1. The van der Waals surface area contributed by atoms with Gasteiger partial charge in [-0.1, -0.05) is 48.5 Å². The maximum atomic E-state index is 12.1. The Morgan fingerprint density at radius 3 is 2.70 bits per heavy atom. The quantitative estimate of drug-likeness (QED) is 0.514. The number of carbonyl (C=O) groups excluding carboxylic acids is 1. The minimum atomic E-state index is -0.121. The Labute approximate surface area is 156 Å². The highest BCUT2D eigenvalue weighted by Gasteiger charge is 2.08. The van der Waals surface area contributed by atoms with Crippen LogP contribution >= 0.6 is 0 Å². The molecule has 0 fully saturated rings. The number of aromatic nitrogens is 5. The van der Waals surface area contributed by atoms with E-state index < -0.39 is 0 Å². The number of benzene rings is 2. The number of tetrazole rings is 1. The molecule has 0 spiro atoms. The molecule has 2 aromatic heterocycles. The van der Waals surface area contributed by atoms with Gasteiger partial charge in [-0.3, -0.25) is 4.79 Å². The van der Waals surface area contributed by atoms with Crippen molar-refractivity contribution in [3.8, 4) is 11.4 Å². The molecule has 7 heteroatoms. The zero-order chi connectivity index (χ0) is 18.5. The Kier molecular flexibility index (Phi) is 4.91. The third kappa shape index (κ3) is 4.03. The van der Waals surface area contributed by atoms with Crippen LogP contribution in [0.5, 0.6) is 0 Å². The van der Waals surface area contributed by atoms with Crippen LogP contribution in [0.3, 0.4) is 0 Å². The minimum absolute atomic E-state index is 0.0618. The van der Waals surface area contributed by atoms with Crippen molar-refractivity contribution in [2.24, 2.45) is 0 Å². The molecule has 7 nitrogen and oxygen atoms in total. The second-order valence-corrected chi connectivity index (χ2v) is 6.28. The molecular formula is C20H20N6O. The summed E-state index contributed by atoms with van der Waals surface area (Å²) in [6.45, 7) is 1.52. The SMILES string of the molecule is O=C(Cn1nnc(-c2ccccc2)n1)NCCCn1ccc2ccccc21. The molecule has 0 aliphatic heterocycles. The molecule has 0 aliphatic carbocycles. The number of hydrogen-bond acceptors (Lipinski definition) is 4. The first-order chi connectivity index (χ1) is 13.3. The lowest BCUT2D eigenvalue weighted by atomic mass is 10.2. The molecule has 0 saturated carbocycles. The second kappa shape index (κ2) is 7.82. The van der Waals surface area contributed by atoms with Gasteiger partial charge in [0, 0.05) is 30.4 Å². The number of fused-ring (bicyclic) bond motifs is 1. The smallest absolute Gasteiger partial charge is 0.243 e. The van der Waals surface area contributed by atoms with Crippen LogP contribution in [0.15, 0.2) is 66.9 Å². The molecule has 2 heterocycles. The van der Waals surface area contributed by atoms with E-state index >= 15 is 0 Å². The van der Waals surface area contributed by atoms with Gasteiger partial charge < -0.3 is 9.88 Å². The number of nitrogens with one attached hydrogen (secondary N) is 1. The van der Waals surface area contributed by atoms with E-state index in [1.165, 1.54) is 15.7 Å². The molecule has 4 aromatic rings. The summed E-state index contributed by atoms with van der Waals surface area (Å²) >= 11 is 0. The lowest BCUT2D eigenvalue weighted by Gasteiger charge is -2.07. The van der Waals surface area contributed by atoms with Crippen LogP contribution in [0, 0.1) is 0 Å². The molecule has 0 aliphatic rings. The molecule has 4 rings (SSSR count). The predicted octanol–water partition coefficient (Wildman–Crippen LogP) is 2.50. The van der Waals surface area contributed by atoms with E-state index in [9.17, 15) is 4.79 Å². The first-order valence-corrected chi connectivity index (χ1v) is 8.93. The van der Waals surface area contributed by atoms with Gasteiger partial charge >= 0.3 is 0 Å². The van der Waals surface area contributed by atoms with Gasteiger partial charge in [0.25, 0.3) is 0 Å². The van der Waals surface area contributed by atoms with Crippen molar-refractivity contribution in [2.75, 3.05) is 6.54 Å². The maximum absolute atomic E-state index is 12.1. The zero-order valence-corrected chi connectivity index (χ0v) is 14.8. The number of aryl methyl sites for hydroxylation is 1. The fraction of sp³-hybridized carbons (Fsp3) is 0.200. The van der Waals surface area contributed by atoms with Crippen molar-refractivity contribution in [1.82, 2.24) is 30.1 Å². The Morgan fingerprint density at radius 1 is 1.00 bits per heavy atom. The Hall–Kier alpha value is -3.48. The summed E-state index contributed by atoms with van der Waals surface area (Å²) < 4.78 is 2.20. The van der Waals surface area contributed by atoms with Gasteiger partial charge in [-0.2, -0.15) is 4.80 Å². The number of carbonyl (C=O) groups is 1. The zero-order valence-electron chi connectivity index (χ0n) is 14.8. The van der Waals surface area contributed by atoms with Crippen LogP contribution in [0.2, 0.25) is 0 Å². The van der Waals surface area contributed by atoms with Crippen LogP contribution in [0.1, 0.15) is 6.42 Å². The summed E-state index contributed by atoms with van der Waals surface area (Å²) in [7, 11) is 0. The molecule has 0 radical (unpaired) electrons. The standard InChI is InChI=1S/C20H20N6O/c27-19(15-26-23-20(22-24-26)17-8-2-1-3-9-17)21-12-6-13-25-14-11-16-7-4-5-10-18(16)25/h1-5,7-11,14H,6,12-13,15H2,(H,21,27). The lowest BCUT2D eigenvalue weighted by molar-refractivity contribution is -0.122. The Balaban J connectivity index is 1.25. The summed E-state index contributed by atoms with van der Waals surface area (Å²) in [4.78, 5) is 13.4. The van der Waals surface area contributed by atoms with Crippen molar-refractivity contribution in [1.29, 1.82) is 0 Å². The van der Waals surface area contributed by atoms with Crippen LogP contribution in [0.25, 0.3) is 22.3 Å². The highest BCUT2D eigenvalue weighted by molar-refractivity contribution is 5.79. The fourth-order valence-electron chi connectivity index (χ4n) is 3.01.